The molecule has 0 aromatic rings. The minimum absolute atomic E-state index is 0.106. The van der Waals surface area contributed by atoms with Crippen molar-refractivity contribution in [3.8, 4) is 0 Å². The Hall–Kier alpha value is -1.64. The summed E-state index contributed by atoms with van der Waals surface area (Å²) in [6.07, 6.45) is -2.88. The van der Waals surface area contributed by atoms with Gasteiger partial charge in [0.05, 0.1) is 5.60 Å². The van der Waals surface area contributed by atoms with Gasteiger partial charge in [0.1, 0.15) is 0 Å². The van der Waals surface area contributed by atoms with Crippen LogP contribution in [0.3, 0.4) is 0 Å². The van der Waals surface area contributed by atoms with Gasteiger partial charge in [0, 0.05) is 5.57 Å². The van der Waals surface area contributed by atoms with E-state index in [2.05, 4.69) is 21.1 Å². The highest BCUT2D eigenvalue weighted by molar-refractivity contribution is 5.86. The second-order valence-electron chi connectivity index (χ2n) is 4.55. The van der Waals surface area contributed by atoms with Crippen molar-refractivity contribution >= 4 is 12.1 Å². The molecule has 0 aromatic heterocycles. The fourth-order valence-corrected chi connectivity index (χ4v) is 0.577. The summed E-state index contributed by atoms with van der Waals surface area (Å²) in [7, 11) is 0. The third-order valence-corrected chi connectivity index (χ3v) is 1.33. The summed E-state index contributed by atoms with van der Waals surface area (Å²) >= 11 is 0. The molecule has 0 aliphatic carbocycles. The highest BCUT2D eigenvalue weighted by atomic mass is 17.3. The predicted octanol–water partition coefficient (Wildman–Crippen LogP) is 1.80. The van der Waals surface area contributed by atoms with E-state index in [1.54, 1.807) is 20.8 Å². The van der Waals surface area contributed by atoms with Gasteiger partial charge in [-0.1, -0.05) is 6.58 Å². The van der Waals surface area contributed by atoms with Gasteiger partial charge in [-0.05, 0) is 27.7 Å². The van der Waals surface area contributed by atoms with Crippen molar-refractivity contribution < 1.29 is 39.0 Å². The fourth-order valence-electron chi connectivity index (χ4n) is 0.577. The molecule has 0 saturated heterocycles. The average Bonchev–Trinajstić information content (AvgIpc) is 2.25. The second kappa shape index (κ2) is 7.72. The summed E-state index contributed by atoms with van der Waals surface area (Å²) < 4.78 is 4.23. The van der Waals surface area contributed by atoms with Gasteiger partial charge in [-0.15, -0.1) is 4.89 Å². The zero-order valence-electron chi connectivity index (χ0n) is 11.3. The molecule has 8 heteroatoms. The van der Waals surface area contributed by atoms with Crippen LogP contribution in [0.2, 0.25) is 0 Å². The van der Waals surface area contributed by atoms with E-state index < -0.39 is 30.6 Å². The first-order chi connectivity index (χ1) is 8.61. The molecule has 0 aliphatic rings. The van der Waals surface area contributed by atoms with Crippen molar-refractivity contribution in [1.82, 2.24) is 0 Å². The minimum atomic E-state index is -1.53. The molecule has 110 valence electrons. The molecule has 0 radical (unpaired) electrons. The molecule has 8 nitrogen and oxygen atoms in total. The molecule has 0 amide bonds. The fraction of sp³-hybridized carbons (Fsp3) is 0.636. The Labute approximate surface area is 110 Å². The van der Waals surface area contributed by atoms with Crippen molar-refractivity contribution in [3.05, 3.63) is 12.2 Å². The molecule has 0 fully saturated rings. The lowest BCUT2D eigenvalue weighted by molar-refractivity contribution is -0.471. The van der Waals surface area contributed by atoms with Gasteiger partial charge < -0.3 is 9.84 Å². The molecule has 19 heavy (non-hydrogen) atoms. The van der Waals surface area contributed by atoms with Gasteiger partial charge in [0.25, 0.3) is 6.29 Å². The number of hydrogen-bond acceptors (Lipinski definition) is 7. The maximum absolute atomic E-state index is 11.1. The van der Waals surface area contributed by atoms with Crippen LogP contribution in [0.4, 0.5) is 4.79 Å². The average molecular weight is 278 g/mol. The molecule has 0 spiro atoms. The molecule has 0 heterocycles. The highest BCUT2D eigenvalue weighted by Gasteiger charge is 2.22. The normalized spacial score (nSPS) is 12.6. The third kappa shape index (κ3) is 10.0. The molecule has 1 N–H and O–H groups in total. The van der Waals surface area contributed by atoms with Crippen LogP contribution in [0.5, 0.6) is 0 Å². The molecule has 1 unspecified atom stereocenters. The van der Waals surface area contributed by atoms with Crippen LogP contribution in [-0.2, 0) is 29.1 Å². The lowest BCUT2D eigenvalue weighted by atomic mass is 10.2. The Bertz CT molecular complexity index is 330. The second-order valence-corrected chi connectivity index (χ2v) is 4.55. The summed E-state index contributed by atoms with van der Waals surface area (Å²) in [4.78, 5) is 39.9. The number of carboxylic acid groups (broad SMARTS) is 1. The molecule has 0 aromatic carbocycles. The highest BCUT2D eigenvalue weighted by Crippen LogP contribution is 2.11. The summed E-state index contributed by atoms with van der Waals surface area (Å²) in [5.74, 6) is -0.820. The van der Waals surface area contributed by atoms with Gasteiger partial charge in [-0.25, -0.2) is 14.5 Å². The van der Waals surface area contributed by atoms with Crippen LogP contribution in [0.25, 0.3) is 0 Å². The van der Waals surface area contributed by atoms with E-state index in [0.29, 0.717) is 0 Å². The van der Waals surface area contributed by atoms with E-state index >= 15 is 0 Å². The molecular weight excluding hydrogens is 260 g/mol. The summed E-state index contributed by atoms with van der Waals surface area (Å²) in [6, 6.07) is 0. The van der Waals surface area contributed by atoms with Crippen molar-refractivity contribution in [1.29, 1.82) is 0 Å². The van der Waals surface area contributed by atoms with E-state index in [1.807, 2.05) is 0 Å². The molecule has 0 bridgehead atoms. The summed E-state index contributed by atoms with van der Waals surface area (Å²) in [5.41, 5.74) is -0.557. The van der Waals surface area contributed by atoms with Gasteiger partial charge in [0.15, 0.2) is 6.61 Å². The van der Waals surface area contributed by atoms with E-state index in [9.17, 15) is 9.59 Å². The maximum Gasteiger partial charge on any atom is 0.505 e. The Morgan fingerprint density at radius 2 is 1.84 bits per heavy atom. The van der Waals surface area contributed by atoms with Crippen LogP contribution >= 0.6 is 0 Å². The standard InChI is InChI=1S/C11H18O8/c1-7(2)9(12)18-16-8(6-15-10(13)14)17-19-11(3,4)5/h8H,1,6H2,2-5H3,(H,13,14). The van der Waals surface area contributed by atoms with E-state index in [1.165, 1.54) is 6.92 Å². The monoisotopic (exact) mass is 278 g/mol. The first-order valence-electron chi connectivity index (χ1n) is 5.35. The van der Waals surface area contributed by atoms with Crippen molar-refractivity contribution in [2.45, 2.75) is 39.6 Å². The first kappa shape index (κ1) is 17.4. The zero-order chi connectivity index (χ0) is 15.1. The largest absolute Gasteiger partial charge is 0.505 e. The maximum atomic E-state index is 11.1. The van der Waals surface area contributed by atoms with Gasteiger partial charge in [-0.3, -0.25) is 4.89 Å². The smallest absolute Gasteiger partial charge is 0.450 e. The topological polar surface area (TPSA) is 101 Å². The summed E-state index contributed by atoms with van der Waals surface area (Å²) in [5, 5.41) is 8.36. The van der Waals surface area contributed by atoms with Crippen LogP contribution in [0.15, 0.2) is 12.2 Å². The van der Waals surface area contributed by atoms with Crippen LogP contribution in [0.1, 0.15) is 27.7 Å². The molecule has 1 atom stereocenters. The SMILES string of the molecule is C=C(C)C(=O)OOC(COC(=O)O)OOC(C)(C)C. The Morgan fingerprint density at radius 3 is 2.26 bits per heavy atom. The zero-order valence-corrected chi connectivity index (χ0v) is 11.3. The Morgan fingerprint density at radius 1 is 1.26 bits per heavy atom. The van der Waals surface area contributed by atoms with Crippen LogP contribution in [0, 0.1) is 0 Å². The lowest BCUT2D eigenvalue weighted by Crippen LogP contribution is -2.30. The lowest BCUT2D eigenvalue weighted by Gasteiger charge is -2.21. The number of ether oxygens (including phenoxy) is 1. The van der Waals surface area contributed by atoms with Crippen molar-refractivity contribution in [2.24, 2.45) is 0 Å². The first-order valence-corrected chi connectivity index (χ1v) is 5.35. The minimum Gasteiger partial charge on any atom is -0.450 e. The van der Waals surface area contributed by atoms with Crippen LogP contribution < -0.4 is 0 Å². The number of carbonyl (C=O) groups excluding carboxylic acids is 1. The van der Waals surface area contributed by atoms with Gasteiger partial charge in [-0.2, -0.15) is 4.89 Å². The molecule has 0 saturated carbocycles. The molecule has 0 aliphatic heterocycles. The van der Waals surface area contributed by atoms with E-state index in [0.717, 1.165) is 0 Å². The Balaban J connectivity index is 4.28. The number of carbonyl (C=O) groups is 2. The van der Waals surface area contributed by atoms with Gasteiger partial charge in [0.2, 0.25) is 0 Å². The van der Waals surface area contributed by atoms with Crippen molar-refractivity contribution in [2.75, 3.05) is 6.61 Å². The number of rotatable bonds is 7. The number of hydrogen-bond donors (Lipinski definition) is 1. The molecule has 0 rings (SSSR count). The van der Waals surface area contributed by atoms with E-state index in [-0.39, 0.29) is 5.57 Å². The summed E-state index contributed by atoms with van der Waals surface area (Å²) in [6.45, 7) is 9.31. The Kier molecular flexibility index (Phi) is 7.05. The molecular formula is C11H18O8. The quantitative estimate of drug-likeness (QED) is 0.247. The third-order valence-electron chi connectivity index (χ3n) is 1.33. The van der Waals surface area contributed by atoms with Crippen LogP contribution in [-0.4, -0.2) is 35.7 Å². The van der Waals surface area contributed by atoms with E-state index in [4.69, 9.17) is 14.9 Å². The van der Waals surface area contributed by atoms with Gasteiger partial charge >= 0.3 is 12.1 Å². The predicted molar refractivity (Wildman–Crippen MR) is 61.7 cm³/mol. The van der Waals surface area contributed by atoms with Crippen molar-refractivity contribution in [3.63, 3.8) is 0 Å².